The van der Waals surface area contributed by atoms with Gasteiger partial charge in [-0.15, -0.1) is 0 Å². The van der Waals surface area contributed by atoms with Crippen LogP contribution in [0.25, 0.3) is 10.9 Å². The van der Waals surface area contributed by atoms with Crippen molar-refractivity contribution in [2.24, 2.45) is 11.8 Å². The number of aryl methyl sites for hydroxylation is 1. The minimum absolute atomic E-state index is 0.0880. The fraction of sp³-hybridized carbons (Fsp3) is 0.630. The molecule has 0 bridgehead atoms. The summed E-state index contributed by atoms with van der Waals surface area (Å²) in [5, 5.41) is 4.20. The number of aromatic amines is 1. The Balaban J connectivity index is 1.36. The average Bonchev–Trinajstić information content (AvgIpc) is 3.13. The molecule has 33 heavy (non-hydrogen) atoms. The third kappa shape index (κ3) is 5.20. The largest absolute Gasteiger partial charge is 0.444 e. The summed E-state index contributed by atoms with van der Waals surface area (Å²) in [6.45, 7) is 11.3. The third-order valence-electron chi connectivity index (χ3n) is 7.21. The molecule has 1 unspecified atom stereocenters. The van der Waals surface area contributed by atoms with Gasteiger partial charge in [-0.2, -0.15) is 0 Å². The smallest absolute Gasteiger partial charge is 0.407 e. The predicted octanol–water partition coefficient (Wildman–Crippen LogP) is 5.64. The van der Waals surface area contributed by atoms with E-state index in [0.717, 1.165) is 45.1 Å². The van der Waals surface area contributed by atoms with Crippen molar-refractivity contribution in [2.45, 2.75) is 84.8 Å². The predicted molar refractivity (Wildman–Crippen MR) is 131 cm³/mol. The Bertz CT molecular complexity index is 1010. The van der Waals surface area contributed by atoms with E-state index in [9.17, 15) is 9.59 Å². The molecular formula is C27H39N3O3. The van der Waals surface area contributed by atoms with Gasteiger partial charge in [-0.25, -0.2) is 4.79 Å². The molecule has 1 atom stereocenters. The molecule has 1 fully saturated rings. The zero-order chi connectivity index (χ0) is 23.8. The molecule has 1 aliphatic carbocycles. The highest BCUT2D eigenvalue weighted by atomic mass is 16.6. The van der Waals surface area contributed by atoms with Gasteiger partial charge in [0.1, 0.15) is 5.60 Å². The molecule has 6 heteroatoms. The number of carbonyl (C=O) groups excluding carboxylic acids is 2. The second kappa shape index (κ2) is 9.40. The molecule has 2 heterocycles. The van der Waals surface area contributed by atoms with E-state index >= 15 is 0 Å². The van der Waals surface area contributed by atoms with Crippen LogP contribution in [0.3, 0.4) is 0 Å². The maximum absolute atomic E-state index is 13.6. The van der Waals surface area contributed by atoms with E-state index < -0.39 is 5.60 Å². The van der Waals surface area contributed by atoms with Crippen molar-refractivity contribution in [3.63, 3.8) is 0 Å². The lowest BCUT2D eigenvalue weighted by atomic mass is 9.80. The molecule has 0 spiro atoms. The zero-order valence-corrected chi connectivity index (χ0v) is 20.8. The Labute approximate surface area is 197 Å². The quantitative estimate of drug-likeness (QED) is 0.629. The first-order valence-corrected chi connectivity index (χ1v) is 12.5. The van der Waals surface area contributed by atoms with Crippen molar-refractivity contribution >= 4 is 22.9 Å². The number of nitrogens with one attached hydrogen (secondary N) is 2. The van der Waals surface area contributed by atoms with Crippen LogP contribution in [0.1, 0.15) is 82.7 Å². The monoisotopic (exact) mass is 453 g/mol. The summed E-state index contributed by atoms with van der Waals surface area (Å²) in [6.07, 6.45) is 5.19. The van der Waals surface area contributed by atoms with Crippen molar-refractivity contribution in [1.82, 2.24) is 15.2 Å². The van der Waals surface area contributed by atoms with Crippen molar-refractivity contribution in [3.8, 4) is 0 Å². The molecule has 0 radical (unpaired) electrons. The van der Waals surface area contributed by atoms with Crippen LogP contribution in [-0.2, 0) is 16.0 Å². The molecule has 180 valence electrons. The van der Waals surface area contributed by atoms with Gasteiger partial charge in [-0.1, -0.05) is 19.1 Å². The lowest BCUT2D eigenvalue weighted by Gasteiger charge is -2.39. The summed E-state index contributed by atoms with van der Waals surface area (Å²) in [7, 11) is 0. The zero-order valence-electron chi connectivity index (χ0n) is 20.8. The van der Waals surface area contributed by atoms with Gasteiger partial charge in [0, 0.05) is 35.6 Å². The number of ether oxygens (including phenoxy) is 1. The Hall–Kier alpha value is -2.50. The van der Waals surface area contributed by atoms with Gasteiger partial charge in [0.05, 0.1) is 6.04 Å². The SMILES string of the molecule is CCC1c2[nH]c3cc(C)ccc3c2CCN1C(=O)[C@H]1CC[C@H](CNC(=O)OC(C)(C)C)CC1. The van der Waals surface area contributed by atoms with Crippen LogP contribution in [0.4, 0.5) is 4.79 Å². The number of carbonyl (C=O) groups is 2. The van der Waals surface area contributed by atoms with Gasteiger partial charge >= 0.3 is 6.09 Å². The van der Waals surface area contributed by atoms with E-state index in [1.165, 1.54) is 27.7 Å². The first-order chi connectivity index (χ1) is 15.7. The third-order valence-corrected chi connectivity index (χ3v) is 7.21. The van der Waals surface area contributed by atoms with Gasteiger partial charge < -0.3 is 19.9 Å². The molecule has 1 aliphatic heterocycles. The van der Waals surface area contributed by atoms with E-state index in [2.05, 4.69) is 47.2 Å². The Kier molecular flexibility index (Phi) is 6.73. The number of aromatic nitrogens is 1. The molecule has 1 aromatic heterocycles. The van der Waals surface area contributed by atoms with Crippen LogP contribution < -0.4 is 5.32 Å². The van der Waals surface area contributed by atoms with Crippen LogP contribution >= 0.6 is 0 Å². The van der Waals surface area contributed by atoms with Crippen molar-refractivity contribution in [2.75, 3.05) is 13.1 Å². The van der Waals surface area contributed by atoms with E-state index in [1.54, 1.807) is 0 Å². The molecule has 0 saturated heterocycles. The topological polar surface area (TPSA) is 74.4 Å². The van der Waals surface area contributed by atoms with Gasteiger partial charge in [0.15, 0.2) is 0 Å². The number of amides is 2. The van der Waals surface area contributed by atoms with Crippen LogP contribution in [0, 0.1) is 18.8 Å². The Morgan fingerprint density at radius 3 is 2.58 bits per heavy atom. The second-order valence-electron chi connectivity index (χ2n) is 10.9. The fourth-order valence-corrected chi connectivity index (χ4v) is 5.57. The maximum Gasteiger partial charge on any atom is 0.407 e. The number of H-pyrrole nitrogens is 1. The van der Waals surface area contributed by atoms with Crippen molar-refractivity contribution in [3.05, 3.63) is 35.0 Å². The molecule has 2 aromatic rings. The highest BCUT2D eigenvalue weighted by molar-refractivity contribution is 5.87. The molecule has 1 aromatic carbocycles. The Morgan fingerprint density at radius 1 is 1.18 bits per heavy atom. The molecule has 1 saturated carbocycles. The molecule has 6 nitrogen and oxygen atoms in total. The van der Waals surface area contributed by atoms with E-state index in [1.807, 2.05) is 20.8 Å². The van der Waals surface area contributed by atoms with E-state index in [0.29, 0.717) is 18.4 Å². The normalized spacial score (nSPS) is 23.3. The van der Waals surface area contributed by atoms with Crippen molar-refractivity contribution < 1.29 is 14.3 Å². The van der Waals surface area contributed by atoms with Crippen LogP contribution in [0.15, 0.2) is 18.2 Å². The summed E-state index contributed by atoms with van der Waals surface area (Å²) < 4.78 is 5.33. The van der Waals surface area contributed by atoms with Crippen LogP contribution in [-0.4, -0.2) is 40.6 Å². The maximum atomic E-state index is 13.6. The highest BCUT2D eigenvalue weighted by Crippen LogP contribution is 2.39. The molecule has 2 N–H and O–H groups in total. The van der Waals surface area contributed by atoms with Crippen LogP contribution in [0.5, 0.6) is 0 Å². The van der Waals surface area contributed by atoms with E-state index in [-0.39, 0.29) is 18.1 Å². The second-order valence-corrected chi connectivity index (χ2v) is 10.9. The van der Waals surface area contributed by atoms with Gasteiger partial charge in [0.25, 0.3) is 0 Å². The Morgan fingerprint density at radius 2 is 1.91 bits per heavy atom. The van der Waals surface area contributed by atoms with Gasteiger partial charge in [0.2, 0.25) is 5.91 Å². The first kappa shape index (κ1) is 23.7. The molecule has 2 aliphatic rings. The summed E-state index contributed by atoms with van der Waals surface area (Å²) in [4.78, 5) is 31.3. The van der Waals surface area contributed by atoms with Gasteiger partial charge in [-0.05, 0) is 89.3 Å². The number of nitrogens with zero attached hydrogens (tertiary/aromatic N) is 1. The molecular weight excluding hydrogens is 414 g/mol. The number of hydrogen-bond acceptors (Lipinski definition) is 3. The minimum Gasteiger partial charge on any atom is -0.444 e. The average molecular weight is 454 g/mol. The summed E-state index contributed by atoms with van der Waals surface area (Å²) >= 11 is 0. The lowest BCUT2D eigenvalue weighted by Crippen LogP contribution is -2.44. The molecule has 4 rings (SSSR count). The minimum atomic E-state index is -0.484. The standard InChI is InChI=1S/C27H39N3O3/c1-6-23-24-21(20-12-7-17(2)15-22(20)29-24)13-14-30(23)25(31)19-10-8-18(9-11-19)16-28-26(32)33-27(3,4)5/h7,12,15,18-19,23,29H,6,8-11,13-14,16H2,1-5H3,(H,28,32)/t18-,19-,23?. The fourth-order valence-electron chi connectivity index (χ4n) is 5.57. The van der Waals surface area contributed by atoms with Gasteiger partial charge in [-0.3, -0.25) is 4.79 Å². The van der Waals surface area contributed by atoms with E-state index in [4.69, 9.17) is 4.74 Å². The summed E-state index contributed by atoms with van der Waals surface area (Å²) in [5.74, 6) is 0.805. The summed E-state index contributed by atoms with van der Waals surface area (Å²) in [6, 6.07) is 6.72. The first-order valence-electron chi connectivity index (χ1n) is 12.5. The lowest BCUT2D eigenvalue weighted by molar-refractivity contribution is -0.140. The number of benzene rings is 1. The van der Waals surface area contributed by atoms with Crippen LogP contribution in [0.2, 0.25) is 0 Å². The summed E-state index contributed by atoms with van der Waals surface area (Å²) in [5.41, 5.74) is 4.57. The number of rotatable bonds is 4. The number of hydrogen-bond donors (Lipinski definition) is 2. The highest BCUT2D eigenvalue weighted by Gasteiger charge is 2.36. The number of alkyl carbamates (subject to hydrolysis) is 1. The molecule has 2 amide bonds. The number of fused-ring (bicyclic) bond motifs is 3. The van der Waals surface area contributed by atoms with Crippen molar-refractivity contribution in [1.29, 1.82) is 0 Å².